The Morgan fingerprint density at radius 3 is 2.66 bits per heavy atom. The summed E-state index contributed by atoms with van der Waals surface area (Å²) in [5.74, 6) is -0.0336. The van der Waals surface area contributed by atoms with Gasteiger partial charge in [0.2, 0.25) is 10.0 Å². The van der Waals surface area contributed by atoms with E-state index in [0.717, 1.165) is 31.2 Å². The van der Waals surface area contributed by atoms with Gasteiger partial charge >= 0.3 is 6.09 Å². The van der Waals surface area contributed by atoms with Crippen LogP contribution >= 0.6 is 0 Å². The number of fused-ring (bicyclic) bond motifs is 1. The van der Waals surface area contributed by atoms with Crippen molar-refractivity contribution in [2.75, 3.05) is 45.2 Å². The molecule has 2 aromatic carbocycles. The van der Waals surface area contributed by atoms with Crippen LogP contribution in [0.2, 0.25) is 0 Å². The van der Waals surface area contributed by atoms with Crippen molar-refractivity contribution in [1.29, 1.82) is 0 Å². The van der Waals surface area contributed by atoms with Crippen LogP contribution in [0.25, 0.3) is 0 Å². The maximum atomic E-state index is 14.1. The number of carbonyl (C=O) groups is 1. The van der Waals surface area contributed by atoms with Crippen LogP contribution in [0, 0.1) is 11.3 Å². The minimum Gasteiger partial charge on any atom is -0.443 e. The van der Waals surface area contributed by atoms with Gasteiger partial charge in [0.1, 0.15) is 6.10 Å². The lowest BCUT2D eigenvalue weighted by Gasteiger charge is -2.35. The molecule has 2 aliphatic rings. The fourth-order valence-electron chi connectivity index (χ4n) is 5.87. The summed E-state index contributed by atoms with van der Waals surface area (Å²) in [6, 6.07) is 15.2. The van der Waals surface area contributed by atoms with Crippen LogP contribution in [0.15, 0.2) is 59.5 Å². The maximum absolute atomic E-state index is 14.1. The highest BCUT2D eigenvalue weighted by atomic mass is 32.2. The van der Waals surface area contributed by atoms with Gasteiger partial charge in [-0.2, -0.15) is 4.31 Å². The van der Waals surface area contributed by atoms with Crippen molar-refractivity contribution in [3.05, 3.63) is 60.2 Å². The molecule has 4 rings (SSSR count). The number of alkyl carbamates (subject to hydrolysis) is 1. The lowest BCUT2D eigenvalue weighted by molar-refractivity contribution is -0.0907. The molecule has 1 amide bonds. The van der Waals surface area contributed by atoms with Gasteiger partial charge < -0.3 is 35.7 Å². The summed E-state index contributed by atoms with van der Waals surface area (Å²) < 4.78 is 46.4. The molecule has 244 valence electrons. The second kappa shape index (κ2) is 15.5. The number of nitrogens with zero attached hydrogens (tertiary/aromatic N) is 1. The van der Waals surface area contributed by atoms with E-state index in [9.17, 15) is 18.3 Å². The standard InChI is InChI=1S/C32H48N4O7S/c1-32(2,15-7-8-16-33)22-36(44(39,40)25-13-9-12-24(19-25)34-3)20-28(37)27(18-23-10-5-4-6-11-23)35-31(38)43-29-21-42-30-26(29)14-17-41-30/h4-6,9-13,19,26-30,34,37H,7-8,14-18,20-22,33H2,1-3H3,(H,35,38)/t26-,27-,28+,29-,30+/m0/s1. The van der Waals surface area contributed by atoms with Crippen LogP contribution in [0.5, 0.6) is 0 Å². The Kier molecular flexibility index (Phi) is 12.0. The third-order valence-corrected chi connectivity index (χ3v) is 10.2. The van der Waals surface area contributed by atoms with Gasteiger partial charge in [-0.05, 0) is 61.4 Å². The molecular weight excluding hydrogens is 584 g/mol. The van der Waals surface area contributed by atoms with E-state index in [1.807, 2.05) is 44.2 Å². The normalized spacial score (nSPS) is 21.5. The fraction of sp³-hybridized carbons (Fsp3) is 0.594. The first-order valence-corrected chi connectivity index (χ1v) is 16.9. The number of rotatable bonds is 16. The van der Waals surface area contributed by atoms with Crippen LogP contribution in [0.3, 0.4) is 0 Å². The number of carbonyl (C=O) groups excluding carboxylic acids is 1. The molecule has 0 unspecified atom stereocenters. The Balaban J connectivity index is 1.56. The molecule has 11 nitrogen and oxygen atoms in total. The van der Waals surface area contributed by atoms with Crippen molar-refractivity contribution in [1.82, 2.24) is 9.62 Å². The van der Waals surface area contributed by atoms with Gasteiger partial charge in [-0.1, -0.05) is 56.7 Å². The summed E-state index contributed by atoms with van der Waals surface area (Å²) in [5, 5.41) is 17.5. The Hall–Kier alpha value is -2.74. The molecule has 0 saturated carbocycles. The number of aliphatic hydroxyl groups is 1. The molecule has 5 N–H and O–H groups in total. The van der Waals surface area contributed by atoms with Gasteiger partial charge in [0.15, 0.2) is 6.29 Å². The predicted octanol–water partition coefficient (Wildman–Crippen LogP) is 3.33. The summed E-state index contributed by atoms with van der Waals surface area (Å²) in [4.78, 5) is 13.3. The molecule has 2 aromatic rings. The van der Waals surface area contributed by atoms with Crippen LogP contribution in [0.1, 0.15) is 45.1 Å². The molecule has 2 aliphatic heterocycles. The van der Waals surface area contributed by atoms with Crippen molar-refractivity contribution >= 4 is 21.8 Å². The van der Waals surface area contributed by atoms with Gasteiger partial charge in [-0.15, -0.1) is 0 Å². The summed E-state index contributed by atoms with van der Waals surface area (Å²) in [7, 11) is -2.30. The smallest absolute Gasteiger partial charge is 0.407 e. The fourth-order valence-corrected chi connectivity index (χ4v) is 7.56. The summed E-state index contributed by atoms with van der Waals surface area (Å²) in [6.45, 7) is 5.34. The van der Waals surface area contributed by atoms with Crippen LogP contribution in [0.4, 0.5) is 10.5 Å². The van der Waals surface area contributed by atoms with Gasteiger partial charge in [0, 0.05) is 25.8 Å². The SMILES string of the molecule is CNc1cccc(S(=O)(=O)N(C[C@@H](O)[C@H](Cc2ccccc2)NC(=O)O[C@H]2CO[C@H]3OCC[C@H]32)CC(C)(C)CCCCN)c1. The number of sulfonamides is 1. The first-order chi connectivity index (χ1) is 21.0. The molecule has 0 bridgehead atoms. The largest absolute Gasteiger partial charge is 0.443 e. The lowest BCUT2D eigenvalue weighted by Crippen LogP contribution is -2.52. The van der Waals surface area contributed by atoms with Crippen molar-refractivity contribution in [2.24, 2.45) is 17.1 Å². The number of amides is 1. The highest BCUT2D eigenvalue weighted by Crippen LogP contribution is 2.33. The zero-order valence-electron chi connectivity index (χ0n) is 26.0. The Morgan fingerprint density at radius 2 is 1.93 bits per heavy atom. The number of ether oxygens (including phenoxy) is 3. The number of nitrogens with one attached hydrogen (secondary N) is 2. The number of benzene rings is 2. The second-order valence-electron chi connectivity index (χ2n) is 12.5. The summed E-state index contributed by atoms with van der Waals surface area (Å²) >= 11 is 0. The van der Waals surface area contributed by atoms with Gasteiger partial charge in [0.05, 0.1) is 36.2 Å². The molecule has 0 aliphatic carbocycles. The molecule has 44 heavy (non-hydrogen) atoms. The van der Waals surface area contributed by atoms with E-state index in [1.165, 1.54) is 4.31 Å². The average Bonchev–Trinajstić information content (AvgIpc) is 3.62. The van der Waals surface area contributed by atoms with E-state index in [4.69, 9.17) is 19.9 Å². The van der Waals surface area contributed by atoms with E-state index in [1.54, 1.807) is 31.3 Å². The zero-order chi connectivity index (χ0) is 31.7. The minimum atomic E-state index is -4.02. The second-order valence-corrected chi connectivity index (χ2v) is 14.4. The third kappa shape index (κ3) is 9.15. The topological polar surface area (TPSA) is 152 Å². The number of anilines is 1. The molecule has 0 aromatic heterocycles. The predicted molar refractivity (Wildman–Crippen MR) is 169 cm³/mol. The van der Waals surface area contributed by atoms with E-state index in [-0.39, 0.29) is 43.2 Å². The first-order valence-electron chi connectivity index (χ1n) is 15.4. The van der Waals surface area contributed by atoms with E-state index >= 15 is 0 Å². The third-order valence-electron chi connectivity index (χ3n) is 8.37. The van der Waals surface area contributed by atoms with Crippen molar-refractivity contribution < 1.29 is 32.5 Å². The van der Waals surface area contributed by atoms with E-state index < -0.39 is 39.8 Å². The molecule has 2 heterocycles. The Morgan fingerprint density at radius 1 is 1.16 bits per heavy atom. The van der Waals surface area contributed by atoms with Gasteiger partial charge in [-0.25, -0.2) is 13.2 Å². The van der Waals surface area contributed by atoms with Crippen molar-refractivity contribution in [2.45, 2.75) is 75.4 Å². The molecule has 2 fully saturated rings. The first kappa shape index (κ1) is 34.1. The maximum Gasteiger partial charge on any atom is 0.407 e. The van der Waals surface area contributed by atoms with Crippen molar-refractivity contribution in [3.8, 4) is 0 Å². The quantitative estimate of drug-likeness (QED) is 0.204. The molecular formula is C32H48N4O7S. The van der Waals surface area contributed by atoms with Crippen LogP contribution in [-0.4, -0.2) is 88.4 Å². The number of unbranched alkanes of at least 4 members (excludes halogenated alkanes) is 1. The van der Waals surface area contributed by atoms with E-state index in [0.29, 0.717) is 18.8 Å². The number of hydrogen-bond acceptors (Lipinski definition) is 9. The zero-order valence-corrected chi connectivity index (χ0v) is 26.8. The molecule has 12 heteroatoms. The number of hydrogen-bond donors (Lipinski definition) is 4. The summed E-state index contributed by atoms with van der Waals surface area (Å²) in [6.07, 6.45) is 0.713. The molecule has 0 radical (unpaired) electrons. The number of aliphatic hydroxyl groups excluding tert-OH is 1. The molecule has 0 spiro atoms. The van der Waals surface area contributed by atoms with E-state index in [2.05, 4.69) is 10.6 Å². The minimum absolute atomic E-state index is 0.0336. The van der Waals surface area contributed by atoms with Gasteiger partial charge in [0.25, 0.3) is 0 Å². The van der Waals surface area contributed by atoms with Crippen LogP contribution in [-0.2, 0) is 30.7 Å². The highest BCUT2D eigenvalue weighted by Gasteiger charge is 2.44. The highest BCUT2D eigenvalue weighted by molar-refractivity contribution is 7.89. The Labute approximate surface area is 261 Å². The summed E-state index contributed by atoms with van der Waals surface area (Å²) in [5.41, 5.74) is 6.85. The molecule has 5 atom stereocenters. The monoisotopic (exact) mass is 632 g/mol. The average molecular weight is 633 g/mol. The van der Waals surface area contributed by atoms with Crippen LogP contribution < -0.4 is 16.4 Å². The molecule has 2 saturated heterocycles. The van der Waals surface area contributed by atoms with Crippen molar-refractivity contribution in [3.63, 3.8) is 0 Å². The van der Waals surface area contributed by atoms with Gasteiger partial charge in [-0.3, -0.25) is 0 Å². The Bertz CT molecular complexity index is 1310. The number of nitrogens with two attached hydrogens (primary N) is 1. The lowest BCUT2D eigenvalue weighted by atomic mass is 9.87.